The summed E-state index contributed by atoms with van der Waals surface area (Å²) in [4.78, 5) is 21.7. The van der Waals surface area contributed by atoms with Crippen LogP contribution in [0.1, 0.15) is 11.1 Å². The van der Waals surface area contributed by atoms with Gasteiger partial charge in [-0.2, -0.15) is 27.0 Å². The number of nitrogens with zero attached hydrogens (tertiary/aromatic N) is 2. The van der Waals surface area contributed by atoms with Crippen LogP contribution in [-0.4, -0.2) is 60.4 Å². The Kier molecular flexibility index (Phi) is 9.67. The minimum Gasteiger partial charge on any atom is -0.506 e. The van der Waals surface area contributed by atoms with E-state index in [0.717, 1.165) is 36.7 Å². The molecular formula is C16H14N4NaO10S2+. The van der Waals surface area contributed by atoms with Crippen LogP contribution < -0.4 is 40.4 Å². The van der Waals surface area contributed by atoms with Gasteiger partial charge in [-0.3, -0.25) is 18.7 Å². The molecule has 33 heavy (non-hydrogen) atoms. The summed E-state index contributed by atoms with van der Waals surface area (Å²) in [5.41, 5.74) is 3.73. The molecule has 0 saturated heterocycles. The van der Waals surface area contributed by atoms with Crippen molar-refractivity contribution < 1.29 is 75.3 Å². The average molecular weight is 509 g/mol. The fraction of sp³-hybridized carbons (Fsp3) is 0. The molecule has 14 nitrogen and oxygen atoms in total. The molecular weight excluding hydrogens is 495 g/mol. The van der Waals surface area contributed by atoms with Gasteiger partial charge < -0.3 is 10.2 Å². The van der Waals surface area contributed by atoms with E-state index in [9.17, 15) is 36.6 Å². The van der Waals surface area contributed by atoms with Crippen molar-refractivity contribution in [3.05, 3.63) is 47.5 Å². The predicted octanol–water partition coefficient (Wildman–Crippen LogP) is -3.80. The summed E-state index contributed by atoms with van der Waals surface area (Å²) in [5, 5.41) is 25.7. The van der Waals surface area contributed by atoms with E-state index >= 15 is 0 Å². The Morgan fingerprint density at radius 3 is 1.36 bits per heavy atom. The van der Waals surface area contributed by atoms with Gasteiger partial charge in [0.25, 0.3) is 20.2 Å². The van der Waals surface area contributed by atoms with Crippen LogP contribution in [0.4, 0.5) is 0 Å². The summed E-state index contributed by atoms with van der Waals surface area (Å²) >= 11 is 0. The number of phenols is 2. The zero-order chi connectivity index (χ0) is 24.1. The van der Waals surface area contributed by atoms with Gasteiger partial charge in [0.15, 0.2) is 0 Å². The third-order valence-electron chi connectivity index (χ3n) is 3.49. The van der Waals surface area contributed by atoms with Crippen LogP contribution in [0, 0.1) is 0 Å². The Balaban J connectivity index is 0.00000544. The number of benzene rings is 2. The van der Waals surface area contributed by atoms with E-state index in [1.165, 1.54) is 12.1 Å². The maximum atomic E-state index is 11.7. The second-order valence-corrected chi connectivity index (χ2v) is 8.58. The van der Waals surface area contributed by atoms with Gasteiger partial charge in [0.05, 0.1) is 12.4 Å². The molecule has 0 fully saturated rings. The molecule has 0 unspecified atom stereocenters. The van der Waals surface area contributed by atoms with Crippen molar-refractivity contribution in [2.45, 2.75) is 9.79 Å². The summed E-state index contributed by atoms with van der Waals surface area (Å²) in [6.45, 7) is 0. The molecule has 170 valence electrons. The number of aromatic hydroxyl groups is 2. The van der Waals surface area contributed by atoms with Gasteiger partial charge in [0.2, 0.25) is 0 Å². The van der Waals surface area contributed by atoms with Crippen LogP contribution in [0.25, 0.3) is 0 Å². The van der Waals surface area contributed by atoms with Crippen molar-refractivity contribution in [1.82, 2.24) is 10.9 Å². The first-order chi connectivity index (χ1) is 14.8. The largest absolute Gasteiger partial charge is 1.00 e. The van der Waals surface area contributed by atoms with Crippen molar-refractivity contribution in [3.8, 4) is 11.5 Å². The molecule has 2 aromatic carbocycles. The van der Waals surface area contributed by atoms with Gasteiger partial charge in [0, 0.05) is 0 Å². The van der Waals surface area contributed by atoms with Gasteiger partial charge >= 0.3 is 41.4 Å². The molecule has 6 N–H and O–H groups in total. The fourth-order valence-electron chi connectivity index (χ4n) is 2.07. The number of rotatable bonds is 6. The third-order valence-corrected chi connectivity index (χ3v) is 5.25. The number of nitrogens with one attached hydrogen (secondary N) is 2. The Labute approximate surface area is 208 Å². The number of amides is 2. The van der Waals surface area contributed by atoms with Gasteiger partial charge in [0.1, 0.15) is 21.3 Å². The van der Waals surface area contributed by atoms with Crippen LogP contribution >= 0.6 is 0 Å². The minimum atomic E-state index is -4.70. The zero-order valence-corrected chi connectivity index (χ0v) is 20.2. The van der Waals surface area contributed by atoms with E-state index in [2.05, 4.69) is 10.2 Å². The van der Waals surface area contributed by atoms with Crippen molar-refractivity contribution in [1.29, 1.82) is 0 Å². The molecule has 2 aromatic rings. The monoisotopic (exact) mass is 509 g/mol. The number of carbonyl (C=O) groups is 2. The predicted molar refractivity (Wildman–Crippen MR) is 107 cm³/mol. The fourth-order valence-corrected chi connectivity index (χ4v) is 3.30. The van der Waals surface area contributed by atoms with Gasteiger partial charge in [-0.25, -0.2) is 10.9 Å². The first-order valence-electron chi connectivity index (χ1n) is 8.06. The van der Waals surface area contributed by atoms with Crippen molar-refractivity contribution in [2.24, 2.45) is 10.2 Å². The van der Waals surface area contributed by atoms with Crippen LogP contribution in [0.5, 0.6) is 11.5 Å². The molecule has 0 atom stereocenters. The smallest absolute Gasteiger partial charge is 0.506 e. The van der Waals surface area contributed by atoms with E-state index in [4.69, 9.17) is 9.11 Å². The summed E-state index contributed by atoms with van der Waals surface area (Å²) in [6.07, 6.45) is 1.85. The Morgan fingerprint density at radius 1 is 0.727 bits per heavy atom. The van der Waals surface area contributed by atoms with Crippen molar-refractivity contribution in [3.63, 3.8) is 0 Å². The summed E-state index contributed by atoms with van der Waals surface area (Å²) in [7, 11) is -9.40. The maximum Gasteiger partial charge on any atom is 1.00 e. The first-order valence-corrected chi connectivity index (χ1v) is 10.9. The van der Waals surface area contributed by atoms with E-state index in [1.54, 1.807) is 0 Å². The van der Waals surface area contributed by atoms with Gasteiger partial charge in [-0.1, -0.05) is 0 Å². The molecule has 0 heterocycles. The van der Waals surface area contributed by atoms with E-state index in [-0.39, 0.29) is 40.7 Å². The summed E-state index contributed by atoms with van der Waals surface area (Å²) in [5.74, 6) is -3.97. The van der Waals surface area contributed by atoms with E-state index in [0.29, 0.717) is 0 Å². The molecule has 0 aliphatic rings. The van der Waals surface area contributed by atoms with E-state index < -0.39 is 53.3 Å². The molecule has 0 spiro atoms. The van der Waals surface area contributed by atoms with Crippen LogP contribution in [0.15, 0.2) is 56.4 Å². The summed E-state index contributed by atoms with van der Waals surface area (Å²) < 4.78 is 62.5. The second kappa shape index (κ2) is 11.3. The normalized spacial score (nSPS) is 11.8. The molecule has 0 saturated carbocycles. The zero-order valence-electron chi connectivity index (χ0n) is 16.6. The maximum absolute atomic E-state index is 11.7. The van der Waals surface area contributed by atoms with Crippen LogP contribution in [-0.2, 0) is 29.8 Å². The van der Waals surface area contributed by atoms with Crippen LogP contribution in [0.3, 0.4) is 0 Å². The third kappa shape index (κ3) is 8.21. The Morgan fingerprint density at radius 2 is 1.06 bits per heavy atom. The van der Waals surface area contributed by atoms with Crippen LogP contribution in [0.2, 0.25) is 0 Å². The number of hydrazone groups is 2. The van der Waals surface area contributed by atoms with Gasteiger partial charge in [-0.05, 0) is 47.5 Å². The number of hydrogen-bond donors (Lipinski definition) is 6. The average Bonchev–Trinajstić information content (AvgIpc) is 2.68. The second-order valence-electron chi connectivity index (χ2n) is 5.80. The summed E-state index contributed by atoms with van der Waals surface area (Å²) in [6, 6.07) is 6.08. The number of phenolic OH excluding ortho intramolecular Hbond substituents is 2. The molecule has 0 aliphatic carbocycles. The molecule has 17 heteroatoms. The number of carbonyl (C=O) groups excluding carboxylic acids is 2. The Bertz CT molecular complexity index is 1240. The number of hydrogen-bond acceptors (Lipinski definition) is 10. The molecule has 0 radical (unpaired) electrons. The quantitative estimate of drug-likeness (QED) is 0.0730. The molecule has 2 amide bonds. The SMILES string of the molecule is O=C(N/N=C/c1ccc(O)c(S(=O)(=O)O)c1)C(=O)N/N=C/c1ccc(O)c(S(=O)(=O)O)c1.[Na+]. The first kappa shape index (κ1) is 28.2. The molecule has 0 bridgehead atoms. The van der Waals surface area contributed by atoms with Gasteiger partial charge in [-0.15, -0.1) is 0 Å². The molecule has 2 rings (SSSR count). The molecule has 0 aromatic heterocycles. The van der Waals surface area contributed by atoms with Crippen molar-refractivity contribution in [2.75, 3.05) is 0 Å². The topological polar surface area (TPSA) is 232 Å². The van der Waals surface area contributed by atoms with Crippen molar-refractivity contribution >= 4 is 44.5 Å². The van der Waals surface area contributed by atoms with E-state index in [1.807, 2.05) is 10.9 Å². The molecule has 0 aliphatic heterocycles. The Hall–Kier alpha value is -2.86. The minimum absolute atomic E-state index is 0. The standard InChI is InChI=1S/C16H14N4O10S2.Na/c21-11-3-1-9(5-13(11)31(25,26)27)7-17-19-15(23)16(24)20-18-8-10-2-4-12(22)14(6-10)32(28,29)30;/h1-8,21-22H,(H,19,23)(H,20,24)(H,25,26,27)(H,28,29,30);/q;+1/b17-7+,18-8+;.